The summed E-state index contributed by atoms with van der Waals surface area (Å²) in [6.07, 6.45) is 0. The van der Waals surface area contributed by atoms with Crippen LogP contribution < -0.4 is 4.90 Å². The SMILES string of the molecule is CC1(C)c2ccccc2-c2ccc(N(c3ccc4ccccc4c3)c3cccc4c3oc3cc(-c5ccccc5)c5ccccc5c34)cc21. The molecule has 0 spiro atoms. The van der Waals surface area contributed by atoms with E-state index in [-0.39, 0.29) is 5.41 Å². The fourth-order valence-corrected chi connectivity index (χ4v) is 8.25. The lowest BCUT2D eigenvalue weighted by molar-refractivity contribution is 0.660. The topological polar surface area (TPSA) is 16.4 Å². The maximum Gasteiger partial charge on any atom is 0.159 e. The van der Waals surface area contributed by atoms with E-state index in [4.69, 9.17) is 4.42 Å². The second-order valence-corrected chi connectivity index (χ2v) is 13.7. The van der Waals surface area contributed by atoms with Gasteiger partial charge in [0.15, 0.2) is 5.58 Å². The highest BCUT2D eigenvalue weighted by Crippen LogP contribution is 2.52. The number of para-hydroxylation sites is 1. The van der Waals surface area contributed by atoms with Crippen molar-refractivity contribution in [2.24, 2.45) is 0 Å². The molecule has 0 amide bonds. The number of benzene rings is 8. The van der Waals surface area contributed by atoms with E-state index in [0.29, 0.717) is 0 Å². The van der Waals surface area contributed by atoms with Crippen molar-refractivity contribution in [1.29, 1.82) is 0 Å². The maximum atomic E-state index is 7.01. The molecule has 0 fully saturated rings. The molecular weight excluding hydrogens is 595 g/mol. The first-order chi connectivity index (χ1) is 24.1. The van der Waals surface area contributed by atoms with E-state index in [2.05, 4.69) is 183 Å². The van der Waals surface area contributed by atoms with Crippen molar-refractivity contribution in [3.8, 4) is 22.3 Å². The largest absolute Gasteiger partial charge is 0.454 e. The molecule has 0 saturated carbocycles. The third kappa shape index (κ3) is 4.14. The lowest BCUT2D eigenvalue weighted by Crippen LogP contribution is -2.16. The van der Waals surface area contributed by atoms with Gasteiger partial charge < -0.3 is 9.32 Å². The molecular formula is C47H33NO. The zero-order valence-corrected chi connectivity index (χ0v) is 27.4. The van der Waals surface area contributed by atoms with Gasteiger partial charge in [-0.2, -0.15) is 0 Å². The van der Waals surface area contributed by atoms with Crippen LogP contribution in [-0.2, 0) is 5.41 Å². The molecule has 1 aliphatic carbocycles. The molecule has 0 aliphatic heterocycles. The summed E-state index contributed by atoms with van der Waals surface area (Å²) in [4.78, 5) is 2.39. The van der Waals surface area contributed by atoms with Crippen molar-refractivity contribution in [1.82, 2.24) is 0 Å². The minimum absolute atomic E-state index is 0.116. The molecule has 1 aliphatic rings. The number of furan rings is 1. The van der Waals surface area contributed by atoms with E-state index in [1.54, 1.807) is 0 Å². The number of hydrogen-bond acceptors (Lipinski definition) is 2. The minimum Gasteiger partial charge on any atom is -0.454 e. The molecule has 2 nitrogen and oxygen atoms in total. The summed E-state index contributed by atoms with van der Waals surface area (Å²) in [6, 6.07) is 59.3. The van der Waals surface area contributed by atoms with Gasteiger partial charge in [-0.05, 0) is 91.3 Å². The molecule has 9 aromatic rings. The summed E-state index contributed by atoms with van der Waals surface area (Å²) < 4.78 is 7.01. The van der Waals surface area contributed by atoms with Crippen molar-refractivity contribution in [3.05, 3.63) is 175 Å². The van der Waals surface area contributed by atoms with Gasteiger partial charge in [0.2, 0.25) is 0 Å². The number of hydrogen-bond donors (Lipinski definition) is 0. The molecule has 1 heterocycles. The Kier molecular flexibility index (Phi) is 5.95. The van der Waals surface area contributed by atoms with Gasteiger partial charge in [-0.3, -0.25) is 0 Å². The highest BCUT2D eigenvalue weighted by Gasteiger charge is 2.36. The molecule has 1 aromatic heterocycles. The van der Waals surface area contributed by atoms with Gasteiger partial charge in [-0.25, -0.2) is 0 Å². The van der Waals surface area contributed by atoms with Crippen LogP contribution in [0.5, 0.6) is 0 Å². The van der Waals surface area contributed by atoms with Crippen LogP contribution in [0.3, 0.4) is 0 Å². The summed E-state index contributed by atoms with van der Waals surface area (Å²) in [6.45, 7) is 4.69. The predicted molar refractivity (Wildman–Crippen MR) is 206 cm³/mol. The van der Waals surface area contributed by atoms with Gasteiger partial charge in [0.25, 0.3) is 0 Å². The third-order valence-electron chi connectivity index (χ3n) is 10.6. The highest BCUT2D eigenvalue weighted by molar-refractivity contribution is 6.23. The van der Waals surface area contributed by atoms with Crippen LogP contribution in [0.15, 0.2) is 168 Å². The molecule has 0 radical (unpaired) electrons. The molecule has 0 saturated heterocycles. The second kappa shape index (κ2) is 10.4. The van der Waals surface area contributed by atoms with E-state index < -0.39 is 0 Å². The summed E-state index contributed by atoms with van der Waals surface area (Å²) in [5, 5.41) is 7.11. The number of anilines is 3. The van der Waals surface area contributed by atoms with Gasteiger partial charge in [0.05, 0.1) is 5.69 Å². The average molecular weight is 628 g/mol. The number of fused-ring (bicyclic) bond motifs is 9. The van der Waals surface area contributed by atoms with Crippen LogP contribution >= 0.6 is 0 Å². The van der Waals surface area contributed by atoms with Gasteiger partial charge in [-0.1, -0.05) is 141 Å². The molecule has 232 valence electrons. The highest BCUT2D eigenvalue weighted by atomic mass is 16.3. The fourth-order valence-electron chi connectivity index (χ4n) is 8.25. The minimum atomic E-state index is -0.116. The molecule has 0 atom stereocenters. The van der Waals surface area contributed by atoms with E-state index in [9.17, 15) is 0 Å². The summed E-state index contributed by atoms with van der Waals surface area (Å²) in [7, 11) is 0. The van der Waals surface area contributed by atoms with Crippen molar-refractivity contribution in [2.75, 3.05) is 4.90 Å². The number of nitrogens with zero attached hydrogens (tertiary/aromatic N) is 1. The Morgan fingerprint density at radius 1 is 0.469 bits per heavy atom. The van der Waals surface area contributed by atoms with Crippen LogP contribution in [0, 0.1) is 0 Å². The van der Waals surface area contributed by atoms with Crippen molar-refractivity contribution >= 4 is 60.5 Å². The van der Waals surface area contributed by atoms with E-state index >= 15 is 0 Å². The van der Waals surface area contributed by atoms with E-state index in [1.165, 1.54) is 54.9 Å². The smallest absolute Gasteiger partial charge is 0.159 e. The first-order valence-corrected chi connectivity index (χ1v) is 17.0. The maximum absolute atomic E-state index is 7.01. The van der Waals surface area contributed by atoms with Gasteiger partial charge in [0, 0.05) is 27.6 Å². The monoisotopic (exact) mass is 627 g/mol. The Morgan fingerprint density at radius 2 is 1.14 bits per heavy atom. The Labute approximate surface area is 285 Å². The first kappa shape index (κ1) is 27.9. The average Bonchev–Trinajstić information content (AvgIpc) is 3.64. The van der Waals surface area contributed by atoms with Gasteiger partial charge in [-0.15, -0.1) is 0 Å². The first-order valence-electron chi connectivity index (χ1n) is 17.0. The Bertz CT molecular complexity index is 2750. The van der Waals surface area contributed by atoms with Crippen molar-refractivity contribution in [3.63, 3.8) is 0 Å². The quantitative estimate of drug-likeness (QED) is 0.193. The second-order valence-electron chi connectivity index (χ2n) is 13.7. The lowest BCUT2D eigenvalue weighted by atomic mass is 9.82. The molecule has 0 N–H and O–H groups in total. The Hall–Kier alpha value is -6.12. The Morgan fingerprint density at radius 3 is 2.02 bits per heavy atom. The summed E-state index contributed by atoms with van der Waals surface area (Å²) in [5.41, 5.74) is 12.6. The third-order valence-corrected chi connectivity index (χ3v) is 10.6. The molecule has 49 heavy (non-hydrogen) atoms. The van der Waals surface area contributed by atoms with Crippen LogP contribution in [0.1, 0.15) is 25.0 Å². The van der Waals surface area contributed by atoms with Crippen LogP contribution in [-0.4, -0.2) is 0 Å². The van der Waals surface area contributed by atoms with E-state index in [0.717, 1.165) is 39.0 Å². The van der Waals surface area contributed by atoms with Gasteiger partial charge >= 0.3 is 0 Å². The Balaban J connectivity index is 1.25. The zero-order chi connectivity index (χ0) is 32.7. The normalized spacial score (nSPS) is 13.3. The summed E-state index contributed by atoms with van der Waals surface area (Å²) in [5.74, 6) is 0. The molecule has 2 heteroatoms. The predicted octanol–water partition coefficient (Wildman–Crippen LogP) is 13.3. The standard InChI is InChI=1S/C47H33NO/c1-47(2)41-21-11-10-18-36(41)37-26-25-34(28-42(37)47)48(33-24-23-30-13-6-7-16-32(30)27-33)43-22-12-20-39-45-38-19-9-8-17-35(38)40(29-44(45)49-46(39)43)31-14-4-3-5-15-31/h3-29H,1-2H3. The lowest BCUT2D eigenvalue weighted by Gasteiger charge is -2.28. The van der Waals surface area contributed by atoms with Crippen molar-refractivity contribution < 1.29 is 4.42 Å². The number of rotatable bonds is 4. The molecule has 10 rings (SSSR count). The van der Waals surface area contributed by atoms with Gasteiger partial charge in [0.1, 0.15) is 5.58 Å². The fraction of sp³-hybridized carbons (Fsp3) is 0.0638. The summed E-state index contributed by atoms with van der Waals surface area (Å²) >= 11 is 0. The zero-order valence-electron chi connectivity index (χ0n) is 27.4. The molecule has 0 bridgehead atoms. The van der Waals surface area contributed by atoms with E-state index in [1.807, 2.05) is 0 Å². The van der Waals surface area contributed by atoms with Crippen LogP contribution in [0.25, 0.3) is 65.7 Å². The molecule has 0 unspecified atom stereocenters. The van der Waals surface area contributed by atoms with Crippen molar-refractivity contribution in [2.45, 2.75) is 19.3 Å². The van der Waals surface area contributed by atoms with Crippen LogP contribution in [0.2, 0.25) is 0 Å². The van der Waals surface area contributed by atoms with Crippen LogP contribution in [0.4, 0.5) is 17.1 Å². The molecule has 8 aromatic carbocycles.